The summed E-state index contributed by atoms with van der Waals surface area (Å²) < 4.78 is 68.9. The first-order chi connectivity index (χ1) is 12.5. The monoisotopic (exact) mass is 421 g/mol. The number of nitrogen functional groups attached to an aromatic ring is 1. The molecule has 0 saturated carbocycles. The fourth-order valence-corrected chi connectivity index (χ4v) is 3.88. The third-order valence-corrected chi connectivity index (χ3v) is 5.94. The SMILES string of the molecule is CCS(=O)(=O)c1ccc(Cl)cc1Cc1c(N)ccc(C(F)(F)F)c1OC=O. The number of carbonyl (C=O) groups excluding carboxylic acids is 1. The number of anilines is 1. The lowest BCUT2D eigenvalue weighted by atomic mass is 9.99. The predicted octanol–water partition coefficient (Wildman–Crippen LogP) is 3.86. The number of sulfone groups is 1. The van der Waals surface area contributed by atoms with Crippen LogP contribution in [0.3, 0.4) is 0 Å². The Bertz CT molecular complexity index is 975. The number of hydrogen-bond acceptors (Lipinski definition) is 5. The maximum Gasteiger partial charge on any atom is 0.420 e. The number of ether oxygens (including phenoxy) is 1. The molecule has 2 N–H and O–H groups in total. The number of halogens is 4. The average Bonchev–Trinajstić information content (AvgIpc) is 2.57. The largest absolute Gasteiger partial charge is 0.428 e. The molecule has 0 aliphatic rings. The Kier molecular flexibility index (Phi) is 6.06. The van der Waals surface area contributed by atoms with E-state index in [1.54, 1.807) is 0 Å². The van der Waals surface area contributed by atoms with Crippen molar-refractivity contribution in [3.8, 4) is 5.75 Å². The molecule has 2 aromatic rings. The lowest BCUT2D eigenvalue weighted by Gasteiger charge is -2.18. The van der Waals surface area contributed by atoms with Crippen LogP contribution in [-0.4, -0.2) is 20.6 Å². The second kappa shape index (κ2) is 7.77. The lowest BCUT2D eigenvalue weighted by Crippen LogP contribution is -2.13. The molecule has 10 heteroatoms. The minimum Gasteiger partial charge on any atom is -0.428 e. The van der Waals surface area contributed by atoms with E-state index in [1.165, 1.54) is 25.1 Å². The highest BCUT2D eigenvalue weighted by atomic mass is 35.5. The van der Waals surface area contributed by atoms with Crippen LogP contribution in [0.15, 0.2) is 35.2 Å². The Labute approximate surface area is 158 Å². The van der Waals surface area contributed by atoms with Crippen LogP contribution in [0.1, 0.15) is 23.6 Å². The van der Waals surface area contributed by atoms with Gasteiger partial charge >= 0.3 is 6.18 Å². The number of alkyl halides is 3. The van der Waals surface area contributed by atoms with E-state index in [0.717, 1.165) is 6.07 Å². The molecule has 0 heterocycles. The first-order valence-corrected chi connectivity index (χ1v) is 9.64. The Morgan fingerprint density at radius 2 is 1.89 bits per heavy atom. The molecule has 0 amide bonds. The Hall–Kier alpha value is -2.26. The zero-order valence-corrected chi connectivity index (χ0v) is 15.6. The number of carbonyl (C=O) groups is 1. The summed E-state index contributed by atoms with van der Waals surface area (Å²) in [5.74, 6) is -0.977. The molecule has 0 atom stereocenters. The van der Waals surface area contributed by atoms with Crippen molar-refractivity contribution in [2.45, 2.75) is 24.4 Å². The van der Waals surface area contributed by atoms with Crippen LogP contribution < -0.4 is 10.5 Å². The summed E-state index contributed by atoms with van der Waals surface area (Å²) in [5.41, 5.74) is 4.50. The molecule has 0 unspecified atom stereocenters. The molecule has 0 fully saturated rings. The smallest absolute Gasteiger partial charge is 0.420 e. The van der Waals surface area contributed by atoms with Gasteiger partial charge in [-0.2, -0.15) is 13.2 Å². The topological polar surface area (TPSA) is 86.5 Å². The maximum absolute atomic E-state index is 13.3. The molecule has 146 valence electrons. The summed E-state index contributed by atoms with van der Waals surface area (Å²) in [5, 5.41) is 0.198. The average molecular weight is 422 g/mol. The van der Waals surface area contributed by atoms with E-state index < -0.39 is 27.3 Å². The van der Waals surface area contributed by atoms with Gasteiger partial charge in [0.25, 0.3) is 6.47 Å². The van der Waals surface area contributed by atoms with E-state index in [9.17, 15) is 26.4 Å². The van der Waals surface area contributed by atoms with Crippen LogP contribution in [0.5, 0.6) is 5.75 Å². The van der Waals surface area contributed by atoms with E-state index in [0.29, 0.717) is 6.07 Å². The van der Waals surface area contributed by atoms with Gasteiger partial charge in [0.15, 0.2) is 9.84 Å². The number of benzene rings is 2. The molecule has 27 heavy (non-hydrogen) atoms. The van der Waals surface area contributed by atoms with Crippen LogP contribution in [0.2, 0.25) is 5.02 Å². The molecule has 2 rings (SSSR count). The van der Waals surface area contributed by atoms with Gasteiger partial charge in [0.05, 0.1) is 16.2 Å². The van der Waals surface area contributed by atoms with Gasteiger partial charge in [-0.05, 0) is 35.9 Å². The molecular formula is C17H15ClF3NO4S. The van der Waals surface area contributed by atoms with Crippen molar-refractivity contribution in [2.24, 2.45) is 0 Å². The summed E-state index contributed by atoms with van der Waals surface area (Å²) in [7, 11) is -3.67. The lowest BCUT2D eigenvalue weighted by molar-refractivity contribution is -0.139. The third-order valence-electron chi connectivity index (χ3n) is 3.87. The molecule has 0 spiro atoms. The first-order valence-electron chi connectivity index (χ1n) is 7.61. The van der Waals surface area contributed by atoms with E-state index in [-0.39, 0.29) is 45.4 Å². The van der Waals surface area contributed by atoms with Gasteiger partial charge in [0.2, 0.25) is 0 Å². The summed E-state index contributed by atoms with van der Waals surface area (Å²) in [6, 6.07) is 5.69. The quantitative estimate of drug-likeness (QED) is 0.565. The third kappa shape index (κ3) is 4.54. The van der Waals surface area contributed by atoms with Crippen molar-refractivity contribution >= 4 is 33.6 Å². The fourth-order valence-electron chi connectivity index (χ4n) is 2.57. The summed E-state index contributed by atoms with van der Waals surface area (Å²) in [4.78, 5) is 10.7. The second-order valence-electron chi connectivity index (χ2n) is 5.55. The second-order valence-corrected chi connectivity index (χ2v) is 8.24. The van der Waals surface area contributed by atoms with Gasteiger partial charge in [-0.25, -0.2) is 8.42 Å². The minimum absolute atomic E-state index is 0.0803. The molecule has 0 aromatic heterocycles. The summed E-state index contributed by atoms with van der Waals surface area (Å²) in [6.45, 7) is 1.29. The van der Waals surface area contributed by atoms with Crippen molar-refractivity contribution in [3.63, 3.8) is 0 Å². The van der Waals surface area contributed by atoms with Crippen LogP contribution in [0.4, 0.5) is 18.9 Å². The highest BCUT2D eigenvalue weighted by Gasteiger charge is 2.36. The standard InChI is InChI=1S/C17H15ClF3NO4S/c1-2-27(24,25)15-6-3-11(18)7-10(15)8-12-14(22)5-4-13(17(19,20)21)16(12)26-9-23/h3-7,9H,2,8,22H2,1H3. The number of rotatable bonds is 6. The van der Waals surface area contributed by atoms with E-state index >= 15 is 0 Å². The van der Waals surface area contributed by atoms with Gasteiger partial charge in [-0.1, -0.05) is 18.5 Å². The zero-order valence-electron chi connectivity index (χ0n) is 14.0. The minimum atomic E-state index is -4.80. The van der Waals surface area contributed by atoms with Crippen molar-refractivity contribution < 1.29 is 31.1 Å². The summed E-state index contributed by atoms with van der Waals surface area (Å²) in [6.07, 6.45) is -5.12. The predicted molar refractivity (Wildman–Crippen MR) is 94.5 cm³/mol. The van der Waals surface area contributed by atoms with Gasteiger partial charge in [-0.3, -0.25) is 4.79 Å². The van der Waals surface area contributed by atoms with Crippen molar-refractivity contribution in [3.05, 3.63) is 52.0 Å². The molecule has 0 aliphatic carbocycles. The molecule has 0 radical (unpaired) electrons. The molecule has 5 nitrogen and oxygen atoms in total. The van der Waals surface area contributed by atoms with Crippen molar-refractivity contribution in [2.75, 3.05) is 11.5 Å². The number of hydrogen-bond donors (Lipinski definition) is 1. The van der Waals surface area contributed by atoms with Crippen LogP contribution >= 0.6 is 11.6 Å². The van der Waals surface area contributed by atoms with Crippen molar-refractivity contribution in [1.29, 1.82) is 0 Å². The Morgan fingerprint density at radius 3 is 2.44 bits per heavy atom. The van der Waals surface area contributed by atoms with Crippen LogP contribution in [0, 0.1) is 0 Å². The Balaban J connectivity index is 2.72. The normalized spacial score (nSPS) is 12.0. The van der Waals surface area contributed by atoms with E-state index in [4.69, 9.17) is 17.3 Å². The summed E-state index contributed by atoms with van der Waals surface area (Å²) >= 11 is 5.93. The zero-order chi connectivity index (χ0) is 20.4. The van der Waals surface area contributed by atoms with Gasteiger partial charge in [0, 0.05) is 22.7 Å². The molecule has 0 saturated heterocycles. The maximum atomic E-state index is 13.3. The molecular weight excluding hydrogens is 407 g/mol. The highest BCUT2D eigenvalue weighted by molar-refractivity contribution is 7.91. The molecule has 0 bridgehead atoms. The van der Waals surface area contributed by atoms with E-state index in [1.807, 2.05) is 0 Å². The van der Waals surface area contributed by atoms with E-state index in [2.05, 4.69) is 4.74 Å². The first kappa shape index (κ1) is 21.0. The fraction of sp³-hybridized carbons (Fsp3) is 0.235. The van der Waals surface area contributed by atoms with Crippen LogP contribution in [0.25, 0.3) is 0 Å². The highest BCUT2D eigenvalue weighted by Crippen LogP contribution is 2.41. The molecule has 2 aromatic carbocycles. The molecule has 0 aliphatic heterocycles. The van der Waals surface area contributed by atoms with Crippen molar-refractivity contribution in [1.82, 2.24) is 0 Å². The number of nitrogens with two attached hydrogens (primary N) is 1. The van der Waals surface area contributed by atoms with Gasteiger partial charge in [-0.15, -0.1) is 0 Å². The van der Waals surface area contributed by atoms with Crippen LogP contribution in [-0.2, 0) is 27.2 Å². The Morgan fingerprint density at radius 1 is 1.22 bits per heavy atom. The van der Waals surface area contributed by atoms with Gasteiger partial charge < -0.3 is 10.5 Å². The van der Waals surface area contributed by atoms with Gasteiger partial charge in [0.1, 0.15) is 5.75 Å².